The van der Waals surface area contributed by atoms with E-state index >= 15 is 0 Å². The summed E-state index contributed by atoms with van der Waals surface area (Å²) in [6.07, 6.45) is -0.201. The van der Waals surface area contributed by atoms with Gasteiger partial charge in [0.15, 0.2) is 0 Å². The molecule has 6 nitrogen and oxygen atoms in total. The van der Waals surface area contributed by atoms with E-state index < -0.39 is 30.2 Å². The van der Waals surface area contributed by atoms with Crippen molar-refractivity contribution < 1.29 is 25.9 Å². The quantitative estimate of drug-likeness (QED) is 0.705. The maximum absolute atomic E-state index is 11.1. The van der Waals surface area contributed by atoms with Crippen LogP contribution in [-0.2, 0) is 20.2 Å². The molecular formula is C7H16O6S2. The van der Waals surface area contributed by atoms with Crippen molar-refractivity contribution in [3.63, 3.8) is 0 Å². The Morgan fingerprint density at radius 3 is 1.60 bits per heavy atom. The van der Waals surface area contributed by atoms with Crippen molar-refractivity contribution >= 4 is 20.2 Å². The van der Waals surface area contributed by atoms with E-state index in [1.54, 1.807) is 0 Å². The number of hydrogen-bond acceptors (Lipinski definition) is 4. The number of rotatable bonds is 5. The first-order valence-corrected chi connectivity index (χ1v) is 7.38. The molecule has 15 heavy (non-hydrogen) atoms. The minimum absolute atomic E-state index is 0.0943. The standard InChI is InChI=1S/C7H16O6S2/c1-4-6(14(8,9)10)7(3,5-2)15(11,12)13/h6H,4-5H2,1-3H3,(H,8,9,10)(H,11,12,13). The van der Waals surface area contributed by atoms with Gasteiger partial charge in [-0.05, 0) is 19.8 Å². The molecule has 0 aromatic rings. The Kier molecular flexibility index (Phi) is 4.31. The van der Waals surface area contributed by atoms with E-state index in [1.165, 1.54) is 13.8 Å². The van der Waals surface area contributed by atoms with E-state index in [0.717, 1.165) is 6.92 Å². The van der Waals surface area contributed by atoms with Crippen LogP contribution in [0, 0.1) is 0 Å². The molecular weight excluding hydrogens is 244 g/mol. The molecule has 8 heteroatoms. The average molecular weight is 260 g/mol. The largest absolute Gasteiger partial charge is 0.285 e. The molecule has 0 bridgehead atoms. The average Bonchev–Trinajstić information content (AvgIpc) is 2.00. The first-order chi connectivity index (χ1) is 6.50. The van der Waals surface area contributed by atoms with Crippen LogP contribution in [0.5, 0.6) is 0 Å². The SMILES string of the molecule is CCC(C(C)(CC)S(=O)(=O)O)S(=O)(=O)O. The van der Waals surface area contributed by atoms with Crippen LogP contribution in [0.15, 0.2) is 0 Å². The van der Waals surface area contributed by atoms with Crippen molar-refractivity contribution in [2.24, 2.45) is 0 Å². The highest BCUT2D eigenvalue weighted by atomic mass is 32.2. The monoisotopic (exact) mass is 260 g/mol. The van der Waals surface area contributed by atoms with E-state index in [2.05, 4.69) is 0 Å². The van der Waals surface area contributed by atoms with Crippen LogP contribution in [0.1, 0.15) is 33.6 Å². The second-order valence-corrected chi connectivity index (χ2v) is 7.03. The third-order valence-corrected chi connectivity index (χ3v) is 6.18. The van der Waals surface area contributed by atoms with Gasteiger partial charge in [-0.25, -0.2) is 0 Å². The molecule has 0 aliphatic carbocycles. The molecule has 0 radical (unpaired) electrons. The summed E-state index contributed by atoms with van der Waals surface area (Å²) in [5.41, 5.74) is 0. The lowest BCUT2D eigenvalue weighted by molar-refractivity contribution is 0.388. The summed E-state index contributed by atoms with van der Waals surface area (Å²) < 4.78 is 60.2. The molecule has 0 aliphatic heterocycles. The molecule has 0 rings (SSSR count). The minimum Gasteiger partial charge on any atom is -0.285 e. The van der Waals surface area contributed by atoms with E-state index in [0.29, 0.717) is 0 Å². The summed E-state index contributed by atoms with van der Waals surface area (Å²) in [7, 11) is -9.06. The molecule has 2 atom stereocenters. The highest BCUT2D eigenvalue weighted by Crippen LogP contribution is 2.30. The van der Waals surface area contributed by atoms with Crippen LogP contribution in [0.3, 0.4) is 0 Å². The van der Waals surface area contributed by atoms with Gasteiger partial charge in [-0.15, -0.1) is 0 Å². The van der Waals surface area contributed by atoms with Crippen LogP contribution < -0.4 is 0 Å². The van der Waals surface area contributed by atoms with Crippen molar-refractivity contribution in [2.45, 2.75) is 43.6 Å². The second-order valence-electron chi connectivity index (χ2n) is 3.55. The van der Waals surface area contributed by atoms with Gasteiger partial charge in [-0.1, -0.05) is 13.8 Å². The van der Waals surface area contributed by atoms with Gasteiger partial charge in [-0.3, -0.25) is 9.11 Å². The van der Waals surface area contributed by atoms with Crippen molar-refractivity contribution in [2.75, 3.05) is 0 Å². The molecule has 0 aromatic heterocycles. The van der Waals surface area contributed by atoms with Gasteiger partial charge >= 0.3 is 0 Å². The van der Waals surface area contributed by atoms with Gasteiger partial charge in [0.05, 0.1) is 0 Å². The van der Waals surface area contributed by atoms with Crippen LogP contribution in [0.4, 0.5) is 0 Å². The Labute approximate surface area is 90.2 Å². The fourth-order valence-electron chi connectivity index (χ4n) is 1.53. The minimum atomic E-state index is -4.55. The normalized spacial score (nSPS) is 19.5. The molecule has 0 fully saturated rings. The van der Waals surface area contributed by atoms with Crippen LogP contribution in [-0.4, -0.2) is 35.9 Å². The van der Waals surface area contributed by atoms with Crippen molar-refractivity contribution in [3.05, 3.63) is 0 Å². The highest BCUT2D eigenvalue weighted by molar-refractivity contribution is 7.91. The Hall–Kier alpha value is -0.180. The molecule has 0 amide bonds. The lowest BCUT2D eigenvalue weighted by Crippen LogP contribution is -2.49. The third-order valence-electron chi connectivity index (χ3n) is 2.70. The Balaban J connectivity index is 5.68. The lowest BCUT2D eigenvalue weighted by Gasteiger charge is -2.30. The van der Waals surface area contributed by atoms with E-state index in [-0.39, 0.29) is 12.8 Å². The Morgan fingerprint density at radius 1 is 1.13 bits per heavy atom. The van der Waals surface area contributed by atoms with Gasteiger partial charge in [0.25, 0.3) is 20.2 Å². The molecule has 0 spiro atoms. The summed E-state index contributed by atoms with van der Waals surface area (Å²) in [6.45, 7) is 3.96. The zero-order valence-corrected chi connectivity index (χ0v) is 10.5. The van der Waals surface area contributed by atoms with Gasteiger partial charge in [0, 0.05) is 0 Å². The molecule has 0 saturated heterocycles. The second kappa shape index (κ2) is 4.36. The lowest BCUT2D eigenvalue weighted by atomic mass is 10.0. The first-order valence-electron chi connectivity index (χ1n) is 4.44. The fourth-order valence-corrected chi connectivity index (χ4v) is 4.34. The first kappa shape index (κ1) is 14.8. The zero-order chi connectivity index (χ0) is 12.5. The van der Waals surface area contributed by atoms with E-state index in [1.807, 2.05) is 0 Å². The topological polar surface area (TPSA) is 109 Å². The predicted octanol–water partition coefficient (Wildman–Crippen LogP) is 0.709. The summed E-state index contributed by atoms with van der Waals surface area (Å²) in [4.78, 5) is 0. The molecule has 0 heterocycles. The summed E-state index contributed by atoms with van der Waals surface area (Å²) >= 11 is 0. The molecule has 0 aliphatic rings. The summed E-state index contributed by atoms with van der Waals surface area (Å²) in [5.74, 6) is 0. The molecule has 0 saturated carbocycles. The molecule has 2 N–H and O–H groups in total. The van der Waals surface area contributed by atoms with E-state index in [4.69, 9.17) is 9.11 Å². The van der Waals surface area contributed by atoms with Crippen molar-refractivity contribution in [3.8, 4) is 0 Å². The van der Waals surface area contributed by atoms with E-state index in [9.17, 15) is 16.8 Å². The van der Waals surface area contributed by atoms with Gasteiger partial charge in [0.2, 0.25) is 0 Å². The van der Waals surface area contributed by atoms with Crippen LogP contribution >= 0.6 is 0 Å². The highest BCUT2D eigenvalue weighted by Gasteiger charge is 2.49. The molecule has 2 unspecified atom stereocenters. The van der Waals surface area contributed by atoms with Gasteiger partial charge in [-0.2, -0.15) is 16.8 Å². The zero-order valence-electron chi connectivity index (χ0n) is 8.84. The Bertz CT molecular complexity index is 409. The Morgan fingerprint density at radius 2 is 1.53 bits per heavy atom. The number of hydrogen-bond donors (Lipinski definition) is 2. The van der Waals surface area contributed by atoms with Gasteiger partial charge < -0.3 is 0 Å². The van der Waals surface area contributed by atoms with Crippen molar-refractivity contribution in [1.29, 1.82) is 0 Å². The maximum Gasteiger partial charge on any atom is 0.271 e. The predicted molar refractivity (Wildman–Crippen MR) is 55.9 cm³/mol. The smallest absolute Gasteiger partial charge is 0.271 e. The van der Waals surface area contributed by atoms with Gasteiger partial charge in [0.1, 0.15) is 10.00 Å². The summed E-state index contributed by atoms with van der Waals surface area (Å²) in [6, 6.07) is 0. The maximum atomic E-state index is 11.1. The molecule has 92 valence electrons. The molecule has 0 aromatic carbocycles. The van der Waals surface area contributed by atoms with Crippen LogP contribution in [0.2, 0.25) is 0 Å². The van der Waals surface area contributed by atoms with Crippen molar-refractivity contribution in [1.82, 2.24) is 0 Å². The summed E-state index contributed by atoms with van der Waals surface area (Å²) in [5, 5.41) is -1.52. The van der Waals surface area contributed by atoms with Crippen LogP contribution in [0.25, 0.3) is 0 Å². The fraction of sp³-hybridized carbons (Fsp3) is 1.00. The third kappa shape index (κ3) is 2.90.